The van der Waals surface area contributed by atoms with Crippen LogP contribution in [0.3, 0.4) is 0 Å². The van der Waals surface area contributed by atoms with Crippen LogP contribution in [-0.4, -0.2) is 21.8 Å². The summed E-state index contributed by atoms with van der Waals surface area (Å²) < 4.78 is 10.8. The van der Waals surface area contributed by atoms with Gasteiger partial charge in [-0.05, 0) is 13.3 Å². The van der Waals surface area contributed by atoms with E-state index in [4.69, 9.17) is 10.00 Å². The lowest BCUT2D eigenvalue weighted by atomic mass is 10.0. The number of rotatable bonds is 5. The second-order valence-electron chi connectivity index (χ2n) is 3.13. The van der Waals surface area contributed by atoms with Crippen molar-refractivity contribution < 1.29 is 14.6 Å². The van der Waals surface area contributed by atoms with Gasteiger partial charge in [-0.25, -0.2) is 0 Å². The first-order chi connectivity index (χ1) is 5.06. The summed E-state index contributed by atoms with van der Waals surface area (Å²) in [5.74, 6) is 0. The van der Waals surface area contributed by atoms with E-state index in [-0.39, 0.29) is 6.61 Å². The van der Waals surface area contributed by atoms with Crippen LogP contribution in [0.5, 0.6) is 0 Å². The van der Waals surface area contributed by atoms with Crippen molar-refractivity contribution in [2.75, 3.05) is 6.61 Å². The summed E-state index contributed by atoms with van der Waals surface area (Å²) >= 11 is 0. The first-order valence-electron chi connectivity index (χ1n) is 3.91. The van der Waals surface area contributed by atoms with Crippen LogP contribution in [0.2, 0.25) is 0 Å². The van der Waals surface area contributed by atoms with E-state index < -0.39 is 13.2 Å². The summed E-state index contributed by atoms with van der Waals surface area (Å²) in [5, 5.41) is 8.10. The summed E-state index contributed by atoms with van der Waals surface area (Å²) in [7, 11) is -2.59. The Morgan fingerprint density at radius 1 is 1.55 bits per heavy atom. The topological polar surface area (TPSA) is 57.5 Å². The quantitative estimate of drug-likeness (QED) is 0.628. The maximum Gasteiger partial charge on any atom is 0.197 e. The fourth-order valence-corrected chi connectivity index (χ4v) is 1.35. The van der Waals surface area contributed by atoms with Crippen molar-refractivity contribution in [1.82, 2.24) is 0 Å². The van der Waals surface area contributed by atoms with Crippen LogP contribution in [0.15, 0.2) is 0 Å². The summed E-state index contributed by atoms with van der Waals surface area (Å²) in [6, 6.07) is 0. The van der Waals surface area contributed by atoms with E-state index in [0.29, 0.717) is 6.42 Å². The molecule has 0 radical (unpaired) electrons. The summed E-state index contributed by atoms with van der Waals surface area (Å²) in [4.78, 5) is 8.88. The third kappa shape index (κ3) is 3.37. The van der Waals surface area contributed by atoms with Crippen LogP contribution in [0.4, 0.5) is 0 Å². The van der Waals surface area contributed by atoms with Crippen molar-refractivity contribution in [1.29, 1.82) is 0 Å². The smallest absolute Gasteiger partial charge is 0.197 e. The fraction of sp³-hybridized carbons (Fsp3) is 1.00. The highest BCUT2D eigenvalue weighted by Crippen LogP contribution is 2.38. The molecule has 0 saturated heterocycles. The number of hydrogen-bond donors (Lipinski definition) is 2. The van der Waals surface area contributed by atoms with Crippen LogP contribution >= 0.6 is 8.03 Å². The molecule has 0 aliphatic heterocycles. The predicted molar refractivity (Wildman–Crippen MR) is 46.2 cm³/mol. The molecule has 2 N–H and O–H groups in total. The molecule has 4 heteroatoms. The van der Waals surface area contributed by atoms with E-state index in [1.54, 1.807) is 6.92 Å². The number of unbranched alkanes of at least 4 members (excludes halogenated alkanes) is 1. The Balaban J connectivity index is 3.99. The van der Waals surface area contributed by atoms with Gasteiger partial charge in [0.2, 0.25) is 0 Å². The van der Waals surface area contributed by atoms with Crippen molar-refractivity contribution in [2.24, 2.45) is 0 Å². The molecule has 0 aromatic heterocycles. The van der Waals surface area contributed by atoms with Gasteiger partial charge in [0, 0.05) is 0 Å². The molecule has 0 heterocycles. The first kappa shape index (κ1) is 11.2. The predicted octanol–water partition coefficient (Wildman–Crippen LogP) is 1.39. The molecule has 68 valence electrons. The maximum atomic E-state index is 10.8. The Kier molecular flexibility index (Phi) is 4.98. The lowest BCUT2D eigenvalue weighted by Gasteiger charge is -2.22. The number of aliphatic hydroxyl groups is 1. The Morgan fingerprint density at radius 3 is 2.36 bits per heavy atom. The largest absolute Gasteiger partial charge is 0.395 e. The van der Waals surface area contributed by atoms with Gasteiger partial charge in [-0.2, -0.15) is 0 Å². The Morgan fingerprint density at radius 2 is 2.09 bits per heavy atom. The van der Waals surface area contributed by atoms with Gasteiger partial charge in [-0.15, -0.1) is 0 Å². The molecule has 0 rings (SSSR count). The SMILES string of the molecule is CCCCC(C)(CO)[PH](=O)O. The minimum absolute atomic E-state index is 0.193. The standard InChI is InChI=1S/C7H17O3P/c1-3-4-5-7(2,6-8)11(9)10/h8,11H,3-6H2,1-2H3,(H,9,10). The van der Waals surface area contributed by atoms with Gasteiger partial charge in [0.25, 0.3) is 0 Å². The van der Waals surface area contributed by atoms with Crippen molar-refractivity contribution >= 4 is 8.03 Å². The summed E-state index contributed by atoms with van der Waals surface area (Å²) in [6.07, 6.45) is 2.52. The van der Waals surface area contributed by atoms with Gasteiger partial charge in [0.1, 0.15) is 0 Å². The van der Waals surface area contributed by atoms with Crippen LogP contribution in [0, 0.1) is 0 Å². The molecular weight excluding hydrogens is 163 g/mol. The van der Waals surface area contributed by atoms with Gasteiger partial charge in [-0.1, -0.05) is 19.8 Å². The maximum absolute atomic E-state index is 10.8. The zero-order valence-electron chi connectivity index (χ0n) is 7.13. The zero-order valence-corrected chi connectivity index (χ0v) is 8.13. The molecule has 0 aromatic rings. The lowest BCUT2D eigenvalue weighted by Crippen LogP contribution is -2.24. The molecule has 11 heavy (non-hydrogen) atoms. The fourth-order valence-electron chi connectivity index (χ4n) is 0.821. The first-order valence-corrected chi connectivity index (χ1v) is 5.26. The van der Waals surface area contributed by atoms with E-state index in [9.17, 15) is 4.57 Å². The number of hydrogen-bond acceptors (Lipinski definition) is 2. The highest BCUT2D eigenvalue weighted by molar-refractivity contribution is 7.40. The highest BCUT2D eigenvalue weighted by atomic mass is 31.1. The number of aliphatic hydroxyl groups excluding tert-OH is 1. The van der Waals surface area contributed by atoms with Gasteiger partial charge >= 0.3 is 0 Å². The molecule has 3 nitrogen and oxygen atoms in total. The van der Waals surface area contributed by atoms with Crippen molar-refractivity contribution in [3.8, 4) is 0 Å². The van der Waals surface area contributed by atoms with E-state index in [1.807, 2.05) is 6.92 Å². The molecule has 2 atom stereocenters. The molecule has 2 unspecified atom stereocenters. The summed E-state index contributed by atoms with van der Waals surface area (Å²) in [5.41, 5.74) is 0. The average Bonchev–Trinajstić information content (AvgIpc) is 2.00. The van der Waals surface area contributed by atoms with Crippen molar-refractivity contribution in [3.05, 3.63) is 0 Å². The van der Waals surface area contributed by atoms with E-state index in [1.165, 1.54) is 0 Å². The van der Waals surface area contributed by atoms with E-state index in [0.717, 1.165) is 12.8 Å². The zero-order chi connectivity index (χ0) is 8.91. The third-order valence-corrected chi connectivity index (χ3v) is 3.39. The van der Waals surface area contributed by atoms with Crippen molar-refractivity contribution in [2.45, 2.75) is 38.3 Å². The molecule has 0 aliphatic carbocycles. The molecule has 0 fully saturated rings. The molecule has 0 amide bonds. The second kappa shape index (κ2) is 4.91. The summed E-state index contributed by atoms with van der Waals surface area (Å²) in [6.45, 7) is 3.48. The Labute approximate surface area is 68.3 Å². The molecular formula is C7H17O3P. The van der Waals surface area contributed by atoms with E-state index in [2.05, 4.69) is 0 Å². The van der Waals surface area contributed by atoms with Gasteiger partial charge in [-0.3, -0.25) is 4.57 Å². The van der Waals surface area contributed by atoms with Gasteiger partial charge < -0.3 is 10.00 Å². The average molecular weight is 180 g/mol. The highest BCUT2D eigenvalue weighted by Gasteiger charge is 2.28. The minimum atomic E-state index is -2.59. The minimum Gasteiger partial charge on any atom is -0.395 e. The third-order valence-electron chi connectivity index (χ3n) is 1.95. The Bertz CT molecular complexity index is 138. The van der Waals surface area contributed by atoms with Crippen LogP contribution < -0.4 is 0 Å². The van der Waals surface area contributed by atoms with Crippen LogP contribution in [-0.2, 0) is 4.57 Å². The lowest BCUT2D eigenvalue weighted by molar-refractivity contribution is 0.234. The molecule has 0 saturated carbocycles. The monoisotopic (exact) mass is 180 g/mol. The molecule has 0 spiro atoms. The molecule has 0 bridgehead atoms. The second-order valence-corrected chi connectivity index (χ2v) is 4.94. The van der Waals surface area contributed by atoms with E-state index >= 15 is 0 Å². The molecule has 0 aliphatic rings. The van der Waals surface area contributed by atoms with Gasteiger partial charge in [0.15, 0.2) is 8.03 Å². The van der Waals surface area contributed by atoms with Gasteiger partial charge in [0.05, 0.1) is 11.8 Å². The van der Waals surface area contributed by atoms with Crippen LogP contribution in [0.25, 0.3) is 0 Å². The van der Waals surface area contributed by atoms with Crippen molar-refractivity contribution in [3.63, 3.8) is 0 Å². The normalized spacial score (nSPS) is 19.3. The molecule has 0 aromatic carbocycles. The Hall–Kier alpha value is 0.150. The van der Waals surface area contributed by atoms with Crippen LogP contribution in [0.1, 0.15) is 33.1 Å².